The van der Waals surface area contributed by atoms with Gasteiger partial charge in [0.1, 0.15) is 6.04 Å². The summed E-state index contributed by atoms with van der Waals surface area (Å²) in [5.41, 5.74) is 5.46. The predicted octanol–water partition coefficient (Wildman–Crippen LogP) is 1.54. The van der Waals surface area contributed by atoms with Gasteiger partial charge in [-0.25, -0.2) is 0 Å². The lowest BCUT2D eigenvalue weighted by Gasteiger charge is -2.34. The van der Waals surface area contributed by atoms with Crippen molar-refractivity contribution in [3.05, 3.63) is 0 Å². The minimum Gasteiger partial charge on any atom is -0.326 e. The quantitative estimate of drug-likeness (QED) is 0.749. The van der Waals surface area contributed by atoms with Gasteiger partial charge in [0, 0.05) is 12.6 Å². The van der Waals surface area contributed by atoms with Crippen LogP contribution >= 0.6 is 0 Å². The molecule has 3 nitrogen and oxygen atoms in total. The average Bonchev–Trinajstić information content (AvgIpc) is 2.12. The summed E-state index contributed by atoms with van der Waals surface area (Å²) < 4.78 is 38.6. The molecule has 0 spiro atoms. The summed E-state index contributed by atoms with van der Waals surface area (Å²) in [4.78, 5) is 3.37. The summed E-state index contributed by atoms with van der Waals surface area (Å²) in [6.45, 7) is 4.70. The molecule has 0 aliphatic carbocycles. The van der Waals surface area contributed by atoms with Crippen LogP contribution in [0.1, 0.15) is 20.3 Å². The normalized spacial score (nSPS) is 16.6. The van der Waals surface area contributed by atoms with Gasteiger partial charge < -0.3 is 10.6 Å². The van der Waals surface area contributed by atoms with Gasteiger partial charge in [-0.3, -0.25) is 4.90 Å². The third-order valence-corrected chi connectivity index (χ3v) is 2.68. The largest absolute Gasteiger partial charge is 0.405 e. The van der Waals surface area contributed by atoms with E-state index in [9.17, 15) is 13.2 Å². The van der Waals surface area contributed by atoms with Crippen LogP contribution in [0.4, 0.5) is 13.2 Å². The Balaban J connectivity index is 4.47. The number of rotatable bonds is 7. The molecule has 0 aliphatic rings. The molecule has 0 aromatic carbocycles. The summed E-state index contributed by atoms with van der Waals surface area (Å²) in [5.74, 6) is 0. The van der Waals surface area contributed by atoms with Gasteiger partial charge >= 0.3 is 6.18 Å². The Bertz CT molecular complexity index is 205. The minimum absolute atomic E-state index is 0.360. The summed E-state index contributed by atoms with van der Waals surface area (Å²) in [5, 5.41) is 0. The molecular formula is C11H24F3N3. The fourth-order valence-electron chi connectivity index (χ4n) is 1.92. The molecule has 0 heterocycles. The zero-order valence-corrected chi connectivity index (χ0v) is 11.1. The zero-order valence-electron chi connectivity index (χ0n) is 11.1. The van der Waals surface area contributed by atoms with E-state index in [0.717, 1.165) is 6.54 Å². The Kier molecular flexibility index (Phi) is 7.04. The van der Waals surface area contributed by atoms with Gasteiger partial charge in [0.25, 0.3) is 0 Å². The van der Waals surface area contributed by atoms with E-state index in [2.05, 4.69) is 0 Å². The number of halogens is 3. The highest BCUT2D eigenvalue weighted by molar-refractivity contribution is 4.85. The highest BCUT2D eigenvalue weighted by Crippen LogP contribution is 2.26. The Morgan fingerprint density at radius 3 is 2.00 bits per heavy atom. The van der Waals surface area contributed by atoms with E-state index in [1.54, 1.807) is 6.92 Å². The van der Waals surface area contributed by atoms with Crippen LogP contribution in [-0.4, -0.2) is 61.8 Å². The van der Waals surface area contributed by atoms with Gasteiger partial charge in [-0.05, 0) is 40.5 Å². The van der Waals surface area contributed by atoms with Crippen LogP contribution in [0.2, 0.25) is 0 Å². The molecule has 0 aliphatic heterocycles. The first kappa shape index (κ1) is 16.7. The number of nitrogens with zero attached hydrogens (tertiary/aromatic N) is 2. The molecule has 0 aromatic heterocycles. The van der Waals surface area contributed by atoms with E-state index in [1.165, 1.54) is 11.8 Å². The Hall–Kier alpha value is -0.330. The summed E-state index contributed by atoms with van der Waals surface area (Å²) in [6, 6.07) is -2.45. The molecule has 0 radical (unpaired) electrons. The lowest BCUT2D eigenvalue weighted by molar-refractivity contribution is -0.187. The predicted molar refractivity (Wildman–Crippen MR) is 63.9 cm³/mol. The first-order chi connectivity index (χ1) is 7.70. The highest BCUT2D eigenvalue weighted by Gasteiger charge is 2.45. The van der Waals surface area contributed by atoms with E-state index in [1.807, 2.05) is 19.0 Å². The third-order valence-electron chi connectivity index (χ3n) is 2.68. The van der Waals surface area contributed by atoms with Crippen LogP contribution in [-0.2, 0) is 0 Å². The third kappa shape index (κ3) is 6.24. The molecule has 0 saturated carbocycles. The second-order valence-corrected chi connectivity index (χ2v) is 4.63. The number of hydrogen-bond acceptors (Lipinski definition) is 3. The SMILES string of the molecule is CCN(CCCN(C)C)C(C(C)N)C(F)(F)F. The maximum Gasteiger partial charge on any atom is 0.405 e. The summed E-state index contributed by atoms with van der Waals surface area (Å²) in [7, 11) is 3.81. The van der Waals surface area contributed by atoms with Crippen LogP contribution in [0.15, 0.2) is 0 Å². The van der Waals surface area contributed by atoms with Crippen LogP contribution < -0.4 is 5.73 Å². The molecule has 6 heteroatoms. The van der Waals surface area contributed by atoms with Crippen LogP contribution in [0.25, 0.3) is 0 Å². The molecule has 0 aromatic rings. The number of hydrogen-bond donors (Lipinski definition) is 1. The van der Waals surface area contributed by atoms with Crippen molar-refractivity contribution < 1.29 is 13.2 Å². The molecule has 2 N–H and O–H groups in total. The van der Waals surface area contributed by atoms with Crippen LogP contribution in [0.3, 0.4) is 0 Å². The second-order valence-electron chi connectivity index (χ2n) is 4.63. The minimum atomic E-state index is -4.26. The molecular weight excluding hydrogens is 231 g/mol. The number of likely N-dealkylation sites (N-methyl/N-ethyl adjacent to an activating group) is 1. The van der Waals surface area contributed by atoms with Crippen molar-refractivity contribution >= 4 is 0 Å². The van der Waals surface area contributed by atoms with Crippen molar-refractivity contribution in [2.24, 2.45) is 5.73 Å². The first-order valence-corrected chi connectivity index (χ1v) is 5.91. The van der Waals surface area contributed by atoms with E-state index in [4.69, 9.17) is 5.73 Å². The van der Waals surface area contributed by atoms with E-state index < -0.39 is 18.3 Å². The van der Waals surface area contributed by atoms with Crippen LogP contribution in [0.5, 0.6) is 0 Å². The Labute approximate surface area is 102 Å². The smallest absolute Gasteiger partial charge is 0.326 e. The molecule has 0 bridgehead atoms. The maximum atomic E-state index is 12.9. The van der Waals surface area contributed by atoms with Crippen molar-refractivity contribution in [2.75, 3.05) is 33.7 Å². The average molecular weight is 255 g/mol. The van der Waals surface area contributed by atoms with Gasteiger partial charge in [-0.15, -0.1) is 0 Å². The zero-order chi connectivity index (χ0) is 13.6. The molecule has 0 amide bonds. The number of alkyl halides is 3. The molecule has 0 fully saturated rings. The molecule has 2 unspecified atom stereocenters. The van der Waals surface area contributed by atoms with Crippen molar-refractivity contribution in [2.45, 2.75) is 38.5 Å². The van der Waals surface area contributed by atoms with Gasteiger partial charge in [0.2, 0.25) is 0 Å². The van der Waals surface area contributed by atoms with E-state index in [-0.39, 0.29) is 0 Å². The Morgan fingerprint density at radius 1 is 1.18 bits per heavy atom. The number of nitrogens with two attached hydrogens (primary N) is 1. The van der Waals surface area contributed by atoms with E-state index in [0.29, 0.717) is 19.5 Å². The van der Waals surface area contributed by atoms with Gasteiger partial charge in [0.05, 0.1) is 0 Å². The fraction of sp³-hybridized carbons (Fsp3) is 1.00. The van der Waals surface area contributed by atoms with Gasteiger partial charge in [-0.2, -0.15) is 13.2 Å². The van der Waals surface area contributed by atoms with Crippen LogP contribution in [0, 0.1) is 0 Å². The van der Waals surface area contributed by atoms with Crippen molar-refractivity contribution in [3.63, 3.8) is 0 Å². The molecule has 0 rings (SSSR count). The molecule has 2 atom stereocenters. The molecule has 17 heavy (non-hydrogen) atoms. The fourth-order valence-corrected chi connectivity index (χ4v) is 1.92. The summed E-state index contributed by atoms with van der Waals surface area (Å²) in [6.07, 6.45) is -3.55. The maximum absolute atomic E-state index is 12.9. The Morgan fingerprint density at radius 2 is 1.71 bits per heavy atom. The highest BCUT2D eigenvalue weighted by atomic mass is 19.4. The summed E-state index contributed by atoms with van der Waals surface area (Å²) >= 11 is 0. The standard InChI is InChI=1S/C11H24F3N3/c1-5-17(8-6-7-16(3)4)10(9(2)15)11(12,13)14/h9-10H,5-8,15H2,1-4H3. The second kappa shape index (κ2) is 7.18. The van der Waals surface area contributed by atoms with Gasteiger partial charge in [0.15, 0.2) is 0 Å². The molecule has 104 valence electrons. The van der Waals surface area contributed by atoms with Gasteiger partial charge in [-0.1, -0.05) is 6.92 Å². The first-order valence-electron chi connectivity index (χ1n) is 5.91. The van der Waals surface area contributed by atoms with E-state index >= 15 is 0 Å². The lowest BCUT2D eigenvalue weighted by atomic mass is 10.1. The lowest BCUT2D eigenvalue weighted by Crippen LogP contribution is -2.55. The topological polar surface area (TPSA) is 32.5 Å². The molecule has 0 saturated heterocycles. The van der Waals surface area contributed by atoms with Crippen molar-refractivity contribution in [1.29, 1.82) is 0 Å². The van der Waals surface area contributed by atoms with Crippen molar-refractivity contribution in [3.8, 4) is 0 Å². The monoisotopic (exact) mass is 255 g/mol. The van der Waals surface area contributed by atoms with Crippen molar-refractivity contribution in [1.82, 2.24) is 9.80 Å².